The Kier molecular flexibility index (Phi) is 2.90. The summed E-state index contributed by atoms with van der Waals surface area (Å²) in [6.45, 7) is 3.62. The average molecular weight is 228 g/mol. The van der Waals surface area contributed by atoms with Crippen LogP contribution in [0.25, 0.3) is 0 Å². The van der Waals surface area contributed by atoms with Crippen LogP contribution in [0.5, 0.6) is 0 Å². The first-order chi connectivity index (χ1) is 7.48. The maximum absolute atomic E-state index is 8.81. The van der Waals surface area contributed by atoms with E-state index in [1.807, 2.05) is 19.9 Å². The molecule has 6 heteroatoms. The highest BCUT2D eigenvalue weighted by Gasteiger charge is 2.57. The molecule has 90 valence electrons. The van der Waals surface area contributed by atoms with Crippen LogP contribution in [0.3, 0.4) is 0 Å². The number of methoxy groups -OCH3 is 1. The van der Waals surface area contributed by atoms with E-state index in [9.17, 15) is 0 Å². The molecule has 0 aromatic rings. The van der Waals surface area contributed by atoms with Crippen molar-refractivity contribution in [2.45, 2.75) is 50.3 Å². The molecule has 16 heavy (non-hydrogen) atoms. The molecule has 0 aromatic carbocycles. The van der Waals surface area contributed by atoms with Gasteiger partial charge < -0.3 is 24.7 Å². The molecule has 5 atom stereocenters. The Hall–Kier alpha value is -0.710. The van der Waals surface area contributed by atoms with E-state index in [1.54, 1.807) is 0 Å². The van der Waals surface area contributed by atoms with E-state index in [2.05, 4.69) is 0 Å². The van der Waals surface area contributed by atoms with Gasteiger partial charge in [0, 0.05) is 7.11 Å². The van der Waals surface area contributed by atoms with E-state index in [4.69, 9.17) is 29.9 Å². The SMILES string of the molecule is CO[C@H]1O[C@H]([C@H](N)C#N)[C@@H]2OC(C)(C)O[C@H]12. The van der Waals surface area contributed by atoms with Gasteiger partial charge in [0.05, 0.1) is 6.07 Å². The Bertz CT molecular complexity index is 314. The molecule has 2 aliphatic heterocycles. The summed E-state index contributed by atoms with van der Waals surface area (Å²) in [4.78, 5) is 0. The van der Waals surface area contributed by atoms with E-state index >= 15 is 0 Å². The highest BCUT2D eigenvalue weighted by atomic mass is 16.8. The predicted octanol–water partition coefficient (Wildman–Crippen LogP) is -0.271. The fourth-order valence-corrected chi connectivity index (χ4v) is 2.14. The van der Waals surface area contributed by atoms with Gasteiger partial charge in [0.1, 0.15) is 24.4 Å². The predicted molar refractivity (Wildman–Crippen MR) is 53.1 cm³/mol. The first-order valence-corrected chi connectivity index (χ1v) is 5.17. The molecule has 0 unspecified atom stereocenters. The summed E-state index contributed by atoms with van der Waals surface area (Å²) in [5.41, 5.74) is 5.66. The third-order valence-electron chi connectivity index (χ3n) is 2.78. The summed E-state index contributed by atoms with van der Waals surface area (Å²) in [7, 11) is 1.52. The van der Waals surface area contributed by atoms with Crippen LogP contribution in [0.15, 0.2) is 0 Å². The highest BCUT2D eigenvalue weighted by Crippen LogP contribution is 2.39. The van der Waals surface area contributed by atoms with Gasteiger partial charge in [-0.15, -0.1) is 0 Å². The minimum Gasteiger partial charge on any atom is -0.353 e. The lowest BCUT2D eigenvalue weighted by atomic mass is 10.1. The molecule has 0 aromatic heterocycles. The lowest BCUT2D eigenvalue weighted by Crippen LogP contribution is -2.42. The van der Waals surface area contributed by atoms with Crippen molar-refractivity contribution in [3.05, 3.63) is 0 Å². The standard InChI is InChI=1S/C10H16N2O4/c1-10(2)15-7-6(5(12)4-11)14-9(13-3)8(7)16-10/h5-9H,12H2,1-3H3/t5-,6-,7+,8+,9+/m1/s1. The summed E-state index contributed by atoms with van der Waals surface area (Å²) in [5.74, 6) is -0.691. The Labute approximate surface area is 94.2 Å². The number of hydrogen-bond acceptors (Lipinski definition) is 6. The fourth-order valence-electron chi connectivity index (χ4n) is 2.14. The van der Waals surface area contributed by atoms with Crippen molar-refractivity contribution >= 4 is 0 Å². The third kappa shape index (κ3) is 1.81. The molecule has 2 rings (SSSR count). The van der Waals surface area contributed by atoms with Crippen molar-refractivity contribution in [1.82, 2.24) is 0 Å². The van der Waals surface area contributed by atoms with Gasteiger partial charge in [-0.05, 0) is 13.8 Å². The second-order valence-corrected chi connectivity index (χ2v) is 4.42. The lowest BCUT2D eigenvalue weighted by molar-refractivity contribution is -0.227. The van der Waals surface area contributed by atoms with Crippen molar-refractivity contribution in [1.29, 1.82) is 5.26 Å². The molecule has 0 radical (unpaired) electrons. The van der Waals surface area contributed by atoms with Gasteiger partial charge in [-0.3, -0.25) is 0 Å². The molecule has 2 saturated heterocycles. The van der Waals surface area contributed by atoms with E-state index in [0.717, 1.165) is 0 Å². The van der Waals surface area contributed by atoms with Gasteiger partial charge in [0.2, 0.25) is 0 Å². The molecular formula is C10H16N2O4. The van der Waals surface area contributed by atoms with E-state index < -0.39 is 24.2 Å². The second-order valence-electron chi connectivity index (χ2n) is 4.42. The molecule has 2 fully saturated rings. The van der Waals surface area contributed by atoms with Crippen molar-refractivity contribution in [2.75, 3.05) is 7.11 Å². The number of nitriles is 1. The number of nitrogens with zero attached hydrogens (tertiary/aromatic N) is 1. The van der Waals surface area contributed by atoms with Gasteiger partial charge in [-0.1, -0.05) is 0 Å². The first kappa shape index (κ1) is 11.8. The first-order valence-electron chi connectivity index (χ1n) is 5.17. The maximum atomic E-state index is 8.81. The van der Waals surface area contributed by atoms with Crippen molar-refractivity contribution < 1.29 is 18.9 Å². The number of fused-ring (bicyclic) bond motifs is 1. The smallest absolute Gasteiger partial charge is 0.186 e. The van der Waals surface area contributed by atoms with Crippen LogP contribution in [0.4, 0.5) is 0 Å². The summed E-state index contributed by atoms with van der Waals surface area (Å²) < 4.78 is 22.0. The van der Waals surface area contributed by atoms with Crippen LogP contribution in [0.2, 0.25) is 0 Å². The zero-order valence-electron chi connectivity index (χ0n) is 9.54. The summed E-state index contributed by atoms with van der Waals surface area (Å²) in [5, 5.41) is 8.81. The second kappa shape index (κ2) is 3.95. The molecule has 2 aliphatic rings. The van der Waals surface area contributed by atoms with Gasteiger partial charge in [-0.2, -0.15) is 5.26 Å². The zero-order chi connectivity index (χ0) is 11.9. The number of ether oxygens (including phenoxy) is 4. The van der Waals surface area contributed by atoms with Crippen molar-refractivity contribution in [3.63, 3.8) is 0 Å². The highest BCUT2D eigenvalue weighted by molar-refractivity contribution is 5.05. The number of rotatable bonds is 2. The molecule has 0 amide bonds. The van der Waals surface area contributed by atoms with Crippen molar-refractivity contribution in [3.8, 4) is 6.07 Å². The minimum atomic E-state index is -0.745. The van der Waals surface area contributed by atoms with Crippen LogP contribution >= 0.6 is 0 Å². The van der Waals surface area contributed by atoms with Crippen molar-refractivity contribution in [2.24, 2.45) is 5.73 Å². The number of hydrogen-bond donors (Lipinski definition) is 1. The van der Waals surface area contributed by atoms with Gasteiger partial charge >= 0.3 is 0 Å². The molecule has 2 heterocycles. The monoisotopic (exact) mass is 228 g/mol. The van der Waals surface area contributed by atoms with E-state index in [-0.39, 0.29) is 12.2 Å². The van der Waals surface area contributed by atoms with Gasteiger partial charge in [0.25, 0.3) is 0 Å². The summed E-state index contributed by atoms with van der Waals surface area (Å²) >= 11 is 0. The average Bonchev–Trinajstić information content (AvgIpc) is 2.69. The number of nitrogens with two attached hydrogens (primary N) is 1. The Morgan fingerprint density at radius 2 is 2.00 bits per heavy atom. The fraction of sp³-hybridized carbons (Fsp3) is 0.900. The minimum absolute atomic E-state index is 0.329. The summed E-state index contributed by atoms with van der Waals surface area (Å²) in [6.07, 6.45) is -1.73. The quantitative estimate of drug-likeness (QED) is 0.700. The molecule has 0 saturated carbocycles. The molecule has 0 spiro atoms. The lowest BCUT2D eigenvalue weighted by Gasteiger charge is -2.24. The third-order valence-corrected chi connectivity index (χ3v) is 2.78. The topological polar surface area (TPSA) is 86.7 Å². The molecule has 0 aliphatic carbocycles. The maximum Gasteiger partial charge on any atom is 0.186 e. The van der Waals surface area contributed by atoms with Crippen LogP contribution < -0.4 is 5.73 Å². The van der Waals surface area contributed by atoms with Gasteiger partial charge in [0.15, 0.2) is 12.1 Å². The largest absolute Gasteiger partial charge is 0.353 e. The van der Waals surface area contributed by atoms with Crippen LogP contribution in [-0.4, -0.2) is 43.5 Å². The normalized spacial score (nSPS) is 42.7. The summed E-state index contributed by atoms with van der Waals surface area (Å²) in [6, 6.07) is 1.21. The Morgan fingerprint density at radius 3 is 2.56 bits per heavy atom. The van der Waals surface area contributed by atoms with E-state index in [0.29, 0.717) is 0 Å². The Morgan fingerprint density at radius 1 is 1.38 bits per heavy atom. The van der Waals surface area contributed by atoms with E-state index in [1.165, 1.54) is 7.11 Å². The van der Waals surface area contributed by atoms with Gasteiger partial charge in [-0.25, -0.2) is 0 Å². The van der Waals surface area contributed by atoms with Crippen LogP contribution in [-0.2, 0) is 18.9 Å². The molecule has 2 N–H and O–H groups in total. The van der Waals surface area contributed by atoms with Crippen LogP contribution in [0.1, 0.15) is 13.8 Å². The van der Waals surface area contributed by atoms with Crippen LogP contribution in [0, 0.1) is 11.3 Å². The Balaban J connectivity index is 2.18. The molecule has 6 nitrogen and oxygen atoms in total. The zero-order valence-corrected chi connectivity index (χ0v) is 9.54. The molecule has 0 bridgehead atoms. The molecular weight excluding hydrogens is 212 g/mol.